The molecule has 0 saturated carbocycles. The van der Waals surface area contributed by atoms with E-state index in [0.29, 0.717) is 12.1 Å². The molecule has 26 heavy (non-hydrogen) atoms. The van der Waals surface area contributed by atoms with Crippen LogP contribution in [0.1, 0.15) is 35.1 Å². The second-order valence-electron chi connectivity index (χ2n) is 6.42. The molecule has 1 aromatic heterocycles. The Labute approximate surface area is 153 Å². The predicted octanol–water partition coefficient (Wildman–Crippen LogP) is 4.01. The largest absolute Gasteiger partial charge is 0.508 e. The molecule has 3 rings (SSSR count). The number of hydrogen-bond donors (Lipinski definition) is 2. The predicted molar refractivity (Wildman–Crippen MR) is 102 cm³/mol. The van der Waals surface area contributed by atoms with Gasteiger partial charge in [0, 0.05) is 12.6 Å². The molecule has 1 amide bonds. The summed E-state index contributed by atoms with van der Waals surface area (Å²) in [4.78, 5) is 14.5. The van der Waals surface area contributed by atoms with Gasteiger partial charge >= 0.3 is 0 Å². The lowest BCUT2D eigenvalue weighted by Gasteiger charge is -2.16. The molecule has 0 aliphatic rings. The number of nitrogens with one attached hydrogen (secondary N) is 1. The van der Waals surface area contributed by atoms with Crippen LogP contribution in [0.25, 0.3) is 11.1 Å². The van der Waals surface area contributed by atoms with Crippen molar-refractivity contribution in [3.63, 3.8) is 0 Å². The molecular weight excluding hydrogens is 326 g/mol. The summed E-state index contributed by atoms with van der Waals surface area (Å²) in [6.07, 6.45) is 1.98. The minimum Gasteiger partial charge on any atom is -0.508 e. The summed E-state index contributed by atoms with van der Waals surface area (Å²) >= 11 is 0. The fourth-order valence-corrected chi connectivity index (χ4v) is 2.91. The van der Waals surface area contributed by atoms with Crippen molar-refractivity contribution in [1.82, 2.24) is 15.1 Å². The van der Waals surface area contributed by atoms with E-state index in [1.165, 1.54) is 0 Å². The van der Waals surface area contributed by atoms with E-state index < -0.39 is 0 Å². The molecule has 0 saturated heterocycles. The highest BCUT2D eigenvalue weighted by Gasteiger charge is 2.14. The van der Waals surface area contributed by atoms with Gasteiger partial charge in [-0.15, -0.1) is 0 Å². The zero-order valence-electron chi connectivity index (χ0n) is 15.1. The standard InChI is InChI=1S/C21H23N3O2/c1-3-5-18-13-19(23-22-18)14-24(2)21(26)17-7-4-6-16(12-17)15-8-10-20(25)11-9-15/h4,6-13,25H,3,5,14H2,1-2H3,(H,22,23). The molecule has 3 aromatic rings. The van der Waals surface area contributed by atoms with Crippen molar-refractivity contribution in [3.8, 4) is 16.9 Å². The van der Waals surface area contributed by atoms with Crippen LogP contribution in [0, 0.1) is 0 Å². The number of nitrogens with zero attached hydrogens (tertiary/aromatic N) is 2. The van der Waals surface area contributed by atoms with Crippen LogP contribution in [0.2, 0.25) is 0 Å². The third kappa shape index (κ3) is 4.11. The van der Waals surface area contributed by atoms with Gasteiger partial charge in [0.05, 0.1) is 17.9 Å². The highest BCUT2D eigenvalue weighted by atomic mass is 16.3. The van der Waals surface area contributed by atoms with Crippen LogP contribution >= 0.6 is 0 Å². The number of aromatic nitrogens is 2. The molecular formula is C21H23N3O2. The van der Waals surface area contributed by atoms with Gasteiger partial charge in [-0.25, -0.2) is 0 Å². The summed E-state index contributed by atoms with van der Waals surface area (Å²) in [6.45, 7) is 2.60. The van der Waals surface area contributed by atoms with Crippen molar-refractivity contribution in [2.75, 3.05) is 7.05 Å². The second-order valence-corrected chi connectivity index (χ2v) is 6.42. The monoisotopic (exact) mass is 349 g/mol. The molecule has 0 aliphatic carbocycles. The summed E-state index contributed by atoms with van der Waals surface area (Å²) in [6, 6.07) is 16.5. The zero-order chi connectivity index (χ0) is 18.5. The highest BCUT2D eigenvalue weighted by Crippen LogP contribution is 2.23. The first kappa shape index (κ1) is 17.7. The number of carbonyl (C=O) groups excluding carboxylic acids is 1. The molecule has 5 nitrogen and oxygen atoms in total. The Kier molecular flexibility index (Phi) is 5.37. The van der Waals surface area contributed by atoms with Gasteiger partial charge in [0.25, 0.3) is 5.91 Å². The Hall–Kier alpha value is -3.08. The molecule has 0 radical (unpaired) electrons. The SMILES string of the molecule is CCCc1cc(CN(C)C(=O)c2cccc(-c3ccc(O)cc3)c2)[nH]n1. The van der Waals surface area contributed by atoms with Gasteiger partial charge in [-0.05, 0) is 47.9 Å². The number of phenolic OH excluding ortho intramolecular Hbond substituents is 1. The lowest BCUT2D eigenvalue weighted by Crippen LogP contribution is -2.26. The smallest absolute Gasteiger partial charge is 0.253 e. The number of hydrogen-bond acceptors (Lipinski definition) is 3. The molecule has 0 bridgehead atoms. The van der Waals surface area contributed by atoms with Crippen molar-refractivity contribution >= 4 is 5.91 Å². The van der Waals surface area contributed by atoms with Crippen LogP contribution in [0.15, 0.2) is 54.6 Å². The van der Waals surface area contributed by atoms with Gasteiger partial charge in [0.2, 0.25) is 0 Å². The molecule has 0 fully saturated rings. The van der Waals surface area contributed by atoms with E-state index in [2.05, 4.69) is 17.1 Å². The van der Waals surface area contributed by atoms with E-state index in [0.717, 1.165) is 35.4 Å². The first-order valence-electron chi connectivity index (χ1n) is 8.75. The van der Waals surface area contributed by atoms with Crippen molar-refractivity contribution in [3.05, 3.63) is 71.5 Å². The number of phenols is 1. The fourth-order valence-electron chi connectivity index (χ4n) is 2.91. The number of H-pyrrole nitrogens is 1. The van der Waals surface area contributed by atoms with Gasteiger partial charge < -0.3 is 10.0 Å². The summed E-state index contributed by atoms with van der Waals surface area (Å²) in [5.41, 5.74) is 4.48. The average molecular weight is 349 g/mol. The van der Waals surface area contributed by atoms with Gasteiger partial charge in [-0.3, -0.25) is 9.89 Å². The number of rotatable bonds is 6. The highest BCUT2D eigenvalue weighted by molar-refractivity contribution is 5.95. The number of benzene rings is 2. The minimum absolute atomic E-state index is 0.0442. The molecule has 0 unspecified atom stereocenters. The zero-order valence-corrected chi connectivity index (χ0v) is 15.1. The molecule has 1 heterocycles. The third-order valence-electron chi connectivity index (χ3n) is 4.25. The third-order valence-corrected chi connectivity index (χ3v) is 4.25. The number of aromatic hydroxyl groups is 1. The fraction of sp³-hybridized carbons (Fsp3) is 0.238. The van der Waals surface area contributed by atoms with E-state index in [1.807, 2.05) is 42.5 Å². The van der Waals surface area contributed by atoms with Gasteiger partial charge in [-0.2, -0.15) is 5.10 Å². The van der Waals surface area contributed by atoms with Crippen LogP contribution in [0.5, 0.6) is 5.75 Å². The molecule has 0 aliphatic heterocycles. The van der Waals surface area contributed by atoms with Crippen LogP contribution < -0.4 is 0 Å². The molecule has 0 spiro atoms. The first-order valence-corrected chi connectivity index (χ1v) is 8.75. The number of carbonyl (C=O) groups is 1. The van der Waals surface area contributed by atoms with Crippen molar-refractivity contribution in [2.45, 2.75) is 26.3 Å². The van der Waals surface area contributed by atoms with Gasteiger partial charge in [0.15, 0.2) is 0 Å². The lowest BCUT2D eigenvalue weighted by atomic mass is 10.0. The number of aryl methyl sites for hydroxylation is 1. The Balaban J connectivity index is 1.74. The van der Waals surface area contributed by atoms with Crippen LogP contribution in [0.3, 0.4) is 0 Å². The summed E-state index contributed by atoms with van der Waals surface area (Å²) in [7, 11) is 1.79. The van der Waals surface area contributed by atoms with Crippen molar-refractivity contribution < 1.29 is 9.90 Å². The summed E-state index contributed by atoms with van der Waals surface area (Å²) < 4.78 is 0. The Morgan fingerprint density at radius 2 is 1.88 bits per heavy atom. The Morgan fingerprint density at radius 1 is 1.12 bits per heavy atom. The topological polar surface area (TPSA) is 69.2 Å². The second kappa shape index (κ2) is 7.87. The van der Waals surface area contributed by atoms with E-state index in [1.54, 1.807) is 24.1 Å². The molecule has 0 atom stereocenters. The van der Waals surface area contributed by atoms with Gasteiger partial charge in [0.1, 0.15) is 5.75 Å². The lowest BCUT2D eigenvalue weighted by molar-refractivity contribution is 0.0783. The Morgan fingerprint density at radius 3 is 2.62 bits per heavy atom. The Bertz CT molecular complexity index is 884. The number of amides is 1. The van der Waals surface area contributed by atoms with Crippen LogP contribution in [-0.2, 0) is 13.0 Å². The number of aromatic amines is 1. The molecule has 5 heteroatoms. The molecule has 2 aromatic carbocycles. The first-order chi connectivity index (χ1) is 12.6. The maximum atomic E-state index is 12.8. The van der Waals surface area contributed by atoms with E-state index in [9.17, 15) is 9.90 Å². The quantitative estimate of drug-likeness (QED) is 0.706. The molecule has 2 N–H and O–H groups in total. The van der Waals surface area contributed by atoms with E-state index >= 15 is 0 Å². The maximum Gasteiger partial charge on any atom is 0.253 e. The summed E-state index contributed by atoms with van der Waals surface area (Å²) in [5, 5.41) is 16.7. The minimum atomic E-state index is -0.0442. The average Bonchev–Trinajstić information content (AvgIpc) is 3.09. The van der Waals surface area contributed by atoms with Crippen LogP contribution in [0.4, 0.5) is 0 Å². The summed E-state index contributed by atoms with van der Waals surface area (Å²) in [5.74, 6) is 0.181. The van der Waals surface area contributed by atoms with Crippen LogP contribution in [-0.4, -0.2) is 33.2 Å². The maximum absolute atomic E-state index is 12.8. The van der Waals surface area contributed by atoms with Crippen molar-refractivity contribution in [1.29, 1.82) is 0 Å². The van der Waals surface area contributed by atoms with Crippen molar-refractivity contribution in [2.24, 2.45) is 0 Å². The van der Waals surface area contributed by atoms with E-state index in [-0.39, 0.29) is 11.7 Å². The van der Waals surface area contributed by atoms with Gasteiger partial charge in [-0.1, -0.05) is 37.6 Å². The van der Waals surface area contributed by atoms with E-state index in [4.69, 9.17) is 0 Å². The normalized spacial score (nSPS) is 10.7. The molecule has 134 valence electrons.